The van der Waals surface area contributed by atoms with Gasteiger partial charge in [-0.25, -0.2) is 14.5 Å². The van der Waals surface area contributed by atoms with Crippen LogP contribution in [0.5, 0.6) is 0 Å². The van der Waals surface area contributed by atoms with Crippen LogP contribution in [0.2, 0.25) is 0 Å². The molecular formula is C12H12N4O2S. The molecule has 0 aliphatic heterocycles. The SMILES string of the molecule is COC(=O)c1ncn(-c2ccc(C)cc2C(N)=S)n1. The molecule has 2 N–H and O–H groups in total. The molecule has 0 fully saturated rings. The molecule has 98 valence electrons. The van der Waals surface area contributed by atoms with Crippen molar-refractivity contribution in [2.45, 2.75) is 6.92 Å². The van der Waals surface area contributed by atoms with Crippen molar-refractivity contribution in [2.75, 3.05) is 7.11 Å². The summed E-state index contributed by atoms with van der Waals surface area (Å²) >= 11 is 5.02. The number of aromatic nitrogens is 3. The zero-order valence-electron chi connectivity index (χ0n) is 10.5. The number of aryl methyl sites for hydroxylation is 1. The summed E-state index contributed by atoms with van der Waals surface area (Å²) in [6.45, 7) is 1.94. The predicted molar refractivity (Wildman–Crippen MR) is 73.3 cm³/mol. The fourth-order valence-electron chi connectivity index (χ4n) is 1.61. The third-order valence-corrected chi connectivity index (χ3v) is 2.74. The normalized spacial score (nSPS) is 10.2. The Labute approximate surface area is 115 Å². The number of rotatable bonds is 3. The molecule has 1 aromatic heterocycles. The number of hydrogen-bond donors (Lipinski definition) is 1. The van der Waals surface area contributed by atoms with Gasteiger partial charge in [-0.3, -0.25) is 0 Å². The molecule has 0 amide bonds. The molecule has 0 atom stereocenters. The number of nitrogens with zero attached hydrogens (tertiary/aromatic N) is 3. The largest absolute Gasteiger partial charge is 0.463 e. The summed E-state index contributed by atoms with van der Waals surface area (Å²) in [6.07, 6.45) is 1.42. The van der Waals surface area contributed by atoms with Gasteiger partial charge in [-0.2, -0.15) is 0 Å². The minimum atomic E-state index is -0.595. The maximum atomic E-state index is 11.3. The van der Waals surface area contributed by atoms with Crippen LogP contribution in [0, 0.1) is 6.92 Å². The minimum Gasteiger partial charge on any atom is -0.463 e. The standard InChI is InChI=1S/C12H12N4O2S/c1-7-3-4-9(8(5-7)10(13)19)16-6-14-11(15-16)12(17)18-2/h3-6H,1-2H3,(H2,13,19). The van der Waals surface area contributed by atoms with E-state index in [2.05, 4.69) is 14.8 Å². The molecule has 0 unspecified atom stereocenters. The molecule has 0 saturated heterocycles. The van der Waals surface area contributed by atoms with Gasteiger partial charge in [0.15, 0.2) is 0 Å². The monoisotopic (exact) mass is 276 g/mol. The Balaban J connectivity index is 2.50. The van der Waals surface area contributed by atoms with E-state index in [-0.39, 0.29) is 10.8 Å². The first kappa shape index (κ1) is 13.2. The van der Waals surface area contributed by atoms with E-state index in [1.54, 1.807) is 0 Å². The molecule has 2 aromatic rings. The van der Waals surface area contributed by atoms with E-state index in [0.717, 1.165) is 5.56 Å². The molecule has 0 saturated carbocycles. The van der Waals surface area contributed by atoms with Crippen LogP contribution in [0.4, 0.5) is 0 Å². The molecule has 0 aliphatic rings. The van der Waals surface area contributed by atoms with Crippen molar-refractivity contribution in [3.05, 3.63) is 41.5 Å². The number of carbonyl (C=O) groups is 1. The first-order valence-corrected chi connectivity index (χ1v) is 5.84. The summed E-state index contributed by atoms with van der Waals surface area (Å²) < 4.78 is 6.00. The summed E-state index contributed by atoms with van der Waals surface area (Å²) in [5.41, 5.74) is 8.06. The van der Waals surface area contributed by atoms with Gasteiger partial charge in [0.05, 0.1) is 12.8 Å². The van der Waals surface area contributed by atoms with E-state index in [9.17, 15) is 4.79 Å². The number of nitrogens with two attached hydrogens (primary N) is 1. The van der Waals surface area contributed by atoms with Crippen molar-refractivity contribution in [3.8, 4) is 5.69 Å². The minimum absolute atomic E-state index is 0.0167. The van der Waals surface area contributed by atoms with Crippen molar-refractivity contribution in [1.29, 1.82) is 0 Å². The van der Waals surface area contributed by atoms with Crippen LogP contribution in [0.3, 0.4) is 0 Å². The Bertz CT molecular complexity index is 651. The third kappa shape index (κ3) is 2.60. The molecule has 1 aromatic carbocycles. The molecule has 1 heterocycles. The summed E-state index contributed by atoms with van der Waals surface area (Å²) in [5.74, 6) is -0.611. The molecule has 0 bridgehead atoms. The Morgan fingerprint density at radius 3 is 2.84 bits per heavy atom. The zero-order valence-corrected chi connectivity index (χ0v) is 11.3. The fourth-order valence-corrected chi connectivity index (χ4v) is 1.77. The molecule has 2 rings (SSSR count). The van der Waals surface area contributed by atoms with E-state index in [0.29, 0.717) is 11.3 Å². The number of benzene rings is 1. The number of thiocarbonyl (C=S) groups is 1. The van der Waals surface area contributed by atoms with Gasteiger partial charge in [0.2, 0.25) is 0 Å². The molecule has 0 spiro atoms. The molecular weight excluding hydrogens is 264 g/mol. The van der Waals surface area contributed by atoms with Gasteiger partial charge >= 0.3 is 5.97 Å². The lowest BCUT2D eigenvalue weighted by Gasteiger charge is -2.08. The second-order valence-electron chi connectivity index (χ2n) is 3.89. The Hall–Kier alpha value is -2.28. The van der Waals surface area contributed by atoms with Crippen LogP contribution in [0.25, 0.3) is 5.69 Å². The first-order chi connectivity index (χ1) is 9.02. The van der Waals surface area contributed by atoms with Crippen molar-refractivity contribution in [2.24, 2.45) is 5.73 Å². The highest BCUT2D eigenvalue weighted by Crippen LogP contribution is 2.15. The van der Waals surface area contributed by atoms with Gasteiger partial charge in [0.1, 0.15) is 11.3 Å². The van der Waals surface area contributed by atoms with Crippen molar-refractivity contribution >= 4 is 23.2 Å². The maximum absolute atomic E-state index is 11.3. The lowest BCUT2D eigenvalue weighted by atomic mass is 10.1. The van der Waals surface area contributed by atoms with Gasteiger partial charge < -0.3 is 10.5 Å². The Morgan fingerprint density at radius 1 is 1.47 bits per heavy atom. The Morgan fingerprint density at radius 2 is 2.21 bits per heavy atom. The van der Waals surface area contributed by atoms with E-state index >= 15 is 0 Å². The molecule has 19 heavy (non-hydrogen) atoms. The second-order valence-corrected chi connectivity index (χ2v) is 4.33. The number of hydrogen-bond acceptors (Lipinski definition) is 5. The van der Waals surface area contributed by atoms with E-state index < -0.39 is 5.97 Å². The van der Waals surface area contributed by atoms with E-state index in [4.69, 9.17) is 18.0 Å². The highest BCUT2D eigenvalue weighted by molar-refractivity contribution is 7.80. The lowest BCUT2D eigenvalue weighted by molar-refractivity contribution is 0.0587. The lowest BCUT2D eigenvalue weighted by Crippen LogP contribution is -2.14. The van der Waals surface area contributed by atoms with Gasteiger partial charge in [-0.15, -0.1) is 5.10 Å². The highest BCUT2D eigenvalue weighted by Gasteiger charge is 2.14. The quantitative estimate of drug-likeness (QED) is 0.665. The third-order valence-electron chi connectivity index (χ3n) is 2.52. The highest BCUT2D eigenvalue weighted by atomic mass is 32.1. The number of ether oxygens (including phenoxy) is 1. The van der Waals surface area contributed by atoms with Crippen molar-refractivity contribution < 1.29 is 9.53 Å². The summed E-state index contributed by atoms with van der Waals surface area (Å²) in [4.78, 5) is 15.5. The van der Waals surface area contributed by atoms with Crippen molar-refractivity contribution in [1.82, 2.24) is 14.8 Å². The van der Waals surface area contributed by atoms with Crippen LogP contribution < -0.4 is 5.73 Å². The summed E-state index contributed by atoms with van der Waals surface area (Å²) in [6, 6.07) is 5.58. The van der Waals surface area contributed by atoms with Crippen LogP contribution in [-0.4, -0.2) is 32.8 Å². The maximum Gasteiger partial charge on any atom is 0.377 e. The Kier molecular flexibility index (Phi) is 3.57. The van der Waals surface area contributed by atoms with Gasteiger partial charge in [-0.05, 0) is 19.1 Å². The first-order valence-electron chi connectivity index (χ1n) is 5.43. The number of methoxy groups -OCH3 is 1. The van der Waals surface area contributed by atoms with Crippen LogP contribution in [-0.2, 0) is 4.74 Å². The average molecular weight is 276 g/mol. The van der Waals surface area contributed by atoms with Crippen molar-refractivity contribution in [3.63, 3.8) is 0 Å². The second kappa shape index (κ2) is 5.15. The van der Waals surface area contributed by atoms with Crippen LogP contribution >= 0.6 is 12.2 Å². The van der Waals surface area contributed by atoms with Gasteiger partial charge in [-0.1, -0.05) is 23.8 Å². The molecule has 7 heteroatoms. The topological polar surface area (TPSA) is 83.0 Å². The summed E-state index contributed by atoms with van der Waals surface area (Å²) in [5, 5.41) is 4.04. The van der Waals surface area contributed by atoms with E-state index in [1.165, 1.54) is 18.1 Å². The summed E-state index contributed by atoms with van der Waals surface area (Å²) in [7, 11) is 1.27. The zero-order chi connectivity index (χ0) is 14.0. The predicted octanol–water partition coefficient (Wildman–Crippen LogP) is 0.997. The average Bonchev–Trinajstić information content (AvgIpc) is 2.87. The molecule has 6 nitrogen and oxygen atoms in total. The van der Waals surface area contributed by atoms with Gasteiger partial charge in [0, 0.05) is 5.56 Å². The number of esters is 1. The fraction of sp³-hybridized carbons (Fsp3) is 0.167. The van der Waals surface area contributed by atoms with Crippen LogP contribution in [0.15, 0.2) is 24.5 Å². The van der Waals surface area contributed by atoms with Crippen LogP contribution in [0.1, 0.15) is 21.7 Å². The van der Waals surface area contributed by atoms with Gasteiger partial charge in [0.25, 0.3) is 5.82 Å². The smallest absolute Gasteiger partial charge is 0.377 e. The molecule has 0 aliphatic carbocycles. The number of carbonyl (C=O) groups excluding carboxylic acids is 1. The molecule has 0 radical (unpaired) electrons. The van der Waals surface area contributed by atoms with E-state index in [1.807, 2.05) is 25.1 Å².